The fourth-order valence-electron chi connectivity index (χ4n) is 3.32. The summed E-state index contributed by atoms with van der Waals surface area (Å²) in [6.45, 7) is 4.49. The Balaban J connectivity index is 1.52. The number of benzene rings is 2. The van der Waals surface area contributed by atoms with E-state index in [1.165, 1.54) is 16.7 Å². The Kier molecular flexibility index (Phi) is 7.52. The molecule has 3 rings (SSSR count). The van der Waals surface area contributed by atoms with E-state index in [-0.39, 0.29) is 30.6 Å². The normalized spacial score (nSPS) is 16.1. The lowest BCUT2D eigenvalue weighted by molar-refractivity contribution is -0.121. The van der Waals surface area contributed by atoms with Crippen LogP contribution in [0.2, 0.25) is 0 Å². The van der Waals surface area contributed by atoms with Crippen LogP contribution in [0.5, 0.6) is 5.75 Å². The van der Waals surface area contributed by atoms with Crippen molar-refractivity contribution in [2.45, 2.75) is 38.4 Å². The van der Waals surface area contributed by atoms with Crippen LogP contribution in [0.1, 0.15) is 32.3 Å². The number of hydrogen-bond donors (Lipinski definition) is 1. The van der Waals surface area contributed by atoms with E-state index in [0.29, 0.717) is 23.8 Å². The third kappa shape index (κ3) is 5.21. The first-order chi connectivity index (χ1) is 14.5. The minimum atomic E-state index is -0.459. The highest BCUT2D eigenvalue weighted by molar-refractivity contribution is 8.00. The van der Waals surface area contributed by atoms with Crippen LogP contribution in [0.3, 0.4) is 0 Å². The number of hydrogen-bond acceptors (Lipinski definition) is 5. The Morgan fingerprint density at radius 3 is 2.57 bits per heavy atom. The molecule has 0 radical (unpaired) electrons. The van der Waals surface area contributed by atoms with E-state index < -0.39 is 5.25 Å². The van der Waals surface area contributed by atoms with Gasteiger partial charge in [0.1, 0.15) is 5.75 Å². The van der Waals surface area contributed by atoms with Crippen molar-refractivity contribution in [1.29, 1.82) is 0 Å². The highest BCUT2D eigenvalue weighted by Crippen LogP contribution is 2.31. The number of imide groups is 1. The van der Waals surface area contributed by atoms with E-state index in [1.54, 1.807) is 24.3 Å². The van der Waals surface area contributed by atoms with Gasteiger partial charge in [0.15, 0.2) is 0 Å². The number of rotatable bonds is 9. The molecular weight excluding hydrogens is 400 g/mol. The number of carbonyl (C=O) groups is 3. The molecule has 1 heterocycles. The van der Waals surface area contributed by atoms with E-state index in [0.717, 1.165) is 17.7 Å². The Morgan fingerprint density at radius 1 is 1.13 bits per heavy atom. The van der Waals surface area contributed by atoms with Gasteiger partial charge >= 0.3 is 0 Å². The second-order valence-electron chi connectivity index (χ2n) is 6.87. The van der Waals surface area contributed by atoms with Gasteiger partial charge in [0.05, 0.1) is 17.5 Å². The van der Waals surface area contributed by atoms with Crippen molar-refractivity contribution in [2.24, 2.45) is 0 Å². The van der Waals surface area contributed by atoms with Gasteiger partial charge in [0.25, 0.3) is 0 Å². The number of amides is 3. The number of aryl methyl sites for hydroxylation is 1. The van der Waals surface area contributed by atoms with Crippen molar-refractivity contribution in [2.75, 3.05) is 22.6 Å². The summed E-state index contributed by atoms with van der Waals surface area (Å²) < 4.78 is 5.40. The summed E-state index contributed by atoms with van der Waals surface area (Å²) in [5.74, 6) is 0.625. The summed E-state index contributed by atoms with van der Waals surface area (Å²) in [7, 11) is 0. The molecule has 1 N–H and O–H groups in total. The second kappa shape index (κ2) is 10.3. The van der Waals surface area contributed by atoms with Crippen LogP contribution in [0.15, 0.2) is 48.5 Å². The molecular formula is C23H26N2O4S. The zero-order valence-corrected chi connectivity index (χ0v) is 18.0. The van der Waals surface area contributed by atoms with Crippen LogP contribution >= 0.6 is 11.8 Å². The quantitative estimate of drug-likeness (QED) is 0.613. The van der Waals surface area contributed by atoms with Crippen LogP contribution in [0, 0.1) is 0 Å². The number of nitrogens with zero attached hydrogens (tertiary/aromatic N) is 1. The fourth-order valence-corrected chi connectivity index (χ4v) is 4.42. The van der Waals surface area contributed by atoms with Gasteiger partial charge in [-0.15, -0.1) is 11.8 Å². The molecule has 0 spiro atoms. The SMILES string of the molecule is CCOc1ccc(N2C(=O)C[C@@H](SCCC(=O)Nc3ccccc3CC)C2=O)cc1. The summed E-state index contributed by atoms with van der Waals surface area (Å²) in [4.78, 5) is 38.6. The van der Waals surface area contributed by atoms with Gasteiger partial charge in [-0.1, -0.05) is 25.1 Å². The highest BCUT2D eigenvalue weighted by atomic mass is 32.2. The molecule has 1 fully saturated rings. The van der Waals surface area contributed by atoms with Gasteiger partial charge in [-0.3, -0.25) is 14.4 Å². The molecule has 1 atom stereocenters. The number of carbonyl (C=O) groups excluding carboxylic acids is 3. The first-order valence-corrected chi connectivity index (χ1v) is 11.2. The molecule has 30 heavy (non-hydrogen) atoms. The van der Waals surface area contributed by atoms with Gasteiger partial charge in [-0.2, -0.15) is 0 Å². The number of ether oxygens (including phenoxy) is 1. The third-order valence-corrected chi connectivity index (χ3v) is 6.04. The van der Waals surface area contributed by atoms with Gasteiger partial charge < -0.3 is 10.1 Å². The highest BCUT2D eigenvalue weighted by Gasteiger charge is 2.39. The lowest BCUT2D eigenvalue weighted by Crippen LogP contribution is -2.31. The minimum Gasteiger partial charge on any atom is -0.494 e. The van der Waals surface area contributed by atoms with Crippen molar-refractivity contribution in [3.05, 3.63) is 54.1 Å². The standard InChI is InChI=1S/C23H26N2O4S/c1-3-16-7-5-6-8-19(16)24-21(26)13-14-30-20-15-22(27)25(23(20)28)17-9-11-18(12-10-17)29-4-2/h5-12,20H,3-4,13-15H2,1-2H3,(H,24,26)/t20-/m1/s1. The van der Waals surface area contributed by atoms with Crippen molar-refractivity contribution < 1.29 is 19.1 Å². The summed E-state index contributed by atoms with van der Waals surface area (Å²) in [5, 5.41) is 2.47. The molecule has 0 bridgehead atoms. The Hall–Kier alpha value is -2.80. The zero-order valence-electron chi connectivity index (χ0n) is 17.2. The van der Waals surface area contributed by atoms with Crippen LogP contribution in [-0.4, -0.2) is 35.3 Å². The van der Waals surface area contributed by atoms with Gasteiger partial charge in [-0.25, -0.2) is 4.90 Å². The zero-order chi connectivity index (χ0) is 21.5. The van der Waals surface area contributed by atoms with Crippen LogP contribution in [-0.2, 0) is 20.8 Å². The predicted molar refractivity (Wildman–Crippen MR) is 120 cm³/mol. The molecule has 1 aliphatic heterocycles. The van der Waals surface area contributed by atoms with E-state index in [1.807, 2.05) is 38.1 Å². The topological polar surface area (TPSA) is 75.7 Å². The maximum Gasteiger partial charge on any atom is 0.247 e. The van der Waals surface area contributed by atoms with E-state index >= 15 is 0 Å². The molecule has 0 unspecified atom stereocenters. The molecule has 2 aromatic carbocycles. The Bertz CT molecular complexity index is 914. The monoisotopic (exact) mass is 426 g/mol. The second-order valence-corrected chi connectivity index (χ2v) is 8.18. The molecule has 2 aromatic rings. The summed E-state index contributed by atoms with van der Waals surface area (Å²) in [6, 6.07) is 14.6. The van der Waals surface area contributed by atoms with Crippen molar-refractivity contribution in [3.8, 4) is 5.75 Å². The number of anilines is 2. The molecule has 3 amide bonds. The lowest BCUT2D eigenvalue weighted by Gasteiger charge is -2.15. The summed E-state index contributed by atoms with van der Waals surface area (Å²) >= 11 is 1.36. The molecule has 6 nitrogen and oxygen atoms in total. The Morgan fingerprint density at radius 2 is 1.87 bits per heavy atom. The van der Waals surface area contributed by atoms with E-state index in [2.05, 4.69) is 5.32 Å². The maximum atomic E-state index is 12.7. The van der Waals surface area contributed by atoms with Crippen molar-refractivity contribution in [1.82, 2.24) is 0 Å². The fraction of sp³-hybridized carbons (Fsp3) is 0.348. The molecule has 7 heteroatoms. The van der Waals surface area contributed by atoms with E-state index in [4.69, 9.17) is 4.74 Å². The average Bonchev–Trinajstić information content (AvgIpc) is 3.02. The smallest absolute Gasteiger partial charge is 0.247 e. The largest absolute Gasteiger partial charge is 0.494 e. The van der Waals surface area contributed by atoms with Crippen LogP contribution in [0.4, 0.5) is 11.4 Å². The van der Waals surface area contributed by atoms with Crippen LogP contribution in [0.25, 0.3) is 0 Å². The van der Waals surface area contributed by atoms with Gasteiger partial charge in [0.2, 0.25) is 17.7 Å². The molecule has 0 aliphatic carbocycles. The first kappa shape index (κ1) is 21.9. The summed E-state index contributed by atoms with van der Waals surface area (Å²) in [5.41, 5.74) is 2.45. The van der Waals surface area contributed by atoms with Crippen LogP contribution < -0.4 is 15.0 Å². The molecule has 1 aliphatic rings. The van der Waals surface area contributed by atoms with Gasteiger partial charge in [-0.05, 0) is 49.2 Å². The number of nitrogens with one attached hydrogen (secondary N) is 1. The molecule has 0 aromatic heterocycles. The first-order valence-electron chi connectivity index (χ1n) is 10.1. The molecule has 1 saturated heterocycles. The Labute approximate surface area is 181 Å². The molecule has 158 valence electrons. The minimum absolute atomic E-state index is 0.0939. The lowest BCUT2D eigenvalue weighted by atomic mass is 10.1. The van der Waals surface area contributed by atoms with E-state index in [9.17, 15) is 14.4 Å². The average molecular weight is 427 g/mol. The number of para-hydroxylation sites is 1. The summed E-state index contributed by atoms with van der Waals surface area (Å²) in [6.07, 6.45) is 1.27. The van der Waals surface area contributed by atoms with Crippen molar-refractivity contribution in [3.63, 3.8) is 0 Å². The predicted octanol–water partition coefficient (Wildman–Crippen LogP) is 4.04. The van der Waals surface area contributed by atoms with Gasteiger partial charge in [0, 0.05) is 24.3 Å². The van der Waals surface area contributed by atoms with Crippen molar-refractivity contribution >= 4 is 40.9 Å². The number of thioether (sulfide) groups is 1. The third-order valence-electron chi connectivity index (χ3n) is 4.83. The molecule has 0 saturated carbocycles. The maximum absolute atomic E-state index is 12.7.